The summed E-state index contributed by atoms with van der Waals surface area (Å²) in [6.07, 6.45) is 0. The van der Waals surface area contributed by atoms with Gasteiger partial charge in [0, 0.05) is 12.3 Å². The van der Waals surface area contributed by atoms with Crippen LogP contribution in [0.5, 0.6) is 5.75 Å². The molecule has 0 aromatic heterocycles. The van der Waals surface area contributed by atoms with Gasteiger partial charge in [-0.2, -0.15) is 0 Å². The van der Waals surface area contributed by atoms with E-state index in [9.17, 15) is 4.79 Å². The molecule has 0 saturated carbocycles. The van der Waals surface area contributed by atoms with Crippen LogP contribution in [0.4, 0.5) is 0 Å². The van der Waals surface area contributed by atoms with Crippen molar-refractivity contribution < 1.29 is 9.53 Å². The molecule has 2 rings (SSSR count). The van der Waals surface area contributed by atoms with Gasteiger partial charge in [0.15, 0.2) is 0 Å². The predicted molar refractivity (Wildman–Crippen MR) is 87.4 cm³/mol. The summed E-state index contributed by atoms with van der Waals surface area (Å²) in [6.45, 7) is 0.530. The zero-order valence-corrected chi connectivity index (χ0v) is 12.9. The van der Waals surface area contributed by atoms with Crippen LogP contribution in [0.3, 0.4) is 0 Å². The lowest BCUT2D eigenvalue weighted by molar-refractivity contribution is -0.118. The third-order valence-corrected chi connectivity index (χ3v) is 3.97. The summed E-state index contributed by atoms with van der Waals surface area (Å²) in [6, 6.07) is 17.9. The van der Waals surface area contributed by atoms with Gasteiger partial charge in [-0.25, -0.2) is 0 Å². The highest BCUT2D eigenvalue weighted by Crippen LogP contribution is 2.13. The van der Waals surface area contributed by atoms with Crippen molar-refractivity contribution in [2.75, 3.05) is 12.9 Å². The van der Waals surface area contributed by atoms with E-state index in [0.29, 0.717) is 12.3 Å². The van der Waals surface area contributed by atoms with Crippen molar-refractivity contribution >= 4 is 17.7 Å². The Morgan fingerprint density at radius 2 is 1.86 bits per heavy atom. The van der Waals surface area contributed by atoms with Gasteiger partial charge in [0.1, 0.15) is 5.75 Å². The molecule has 21 heavy (non-hydrogen) atoms. The standard InChI is InChI=1S/C17H19NO2S/c1-20-16-9-5-8-15(10-16)11-18-17(19)13-21-12-14-6-3-2-4-7-14/h2-10H,11-13H2,1H3,(H,18,19). The summed E-state index contributed by atoms with van der Waals surface area (Å²) in [5.41, 5.74) is 2.28. The van der Waals surface area contributed by atoms with Crippen LogP contribution in [0, 0.1) is 0 Å². The van der Waals surface area contributed by atoms with E-state index in [1.165, 1.54) is 5.56 Å². The van der Waals surface area contributed by atoms with Crippen LogP contribution in [0.15, 0.2) is 54.6 Å². The molecule has 0 radical (unpaired) electrons. The molecular weight excluding hydrogens is 282 g/mol. The van der Waals surface area contributed by atoms with Gasteiger partial charge in [-0.3, -0.25) is 4.79 Å². The van der Waals surface area contributed by atoms with E-state index in [-0.39, 0.29) is 5.91 Å². The van der Waals surface area contributed by atoms with Gasteiger partial charge in [0.25, 0.3) is 0 Å². The number of hydrogen-bond acceptors (Lipinski definition) is 3. The van der Waals surface area contributed by atoms with Crippen LogP contribution in [-0.2, 0) is 17.1 Å². The average Bonchev–Trinajstić information content (AvgIpc) is 2.54. The summed E-state index contributed by atoms with van der Waals surface area (Å²) in [5.74, 6) is 2.19. The largest absolute Gasteiger partial charge is 0.497 e. The number of ether oxygens (including phenoxy) is 1. The number of methoxy groups -OCH3 is 1. The van der Waals surface area contributed by atoms with Gasteiger partial charge in [-0.15, -0.1) is 11.8 Å². The Morgan fingerprint density at radius 3 is 2.62 bits per heavy atom. The molecule has 110 valence electrons. The van der Waals surface area contributed by atoms with Crippen molar-refractivity contribution in [2.45, 2.75) is 12.3 Å². The van der Waals surface area contributed by atoms with E-state index in [4.69, 9.17) is 4.74 Å². The fourth-order valence-corrected chi connectivity index (χ4v) is 2.69. The Balaban J connectivity index is 1.70. The lowest BCUT2D eigenvalue weighted by atomic mass is 10.2. The quantitative estimate of drug-likeness (QED) is 0.853. The van der Waals surface area contributed by atoms with Crippen molar-refractivity contribution in [1.82, 2.24) is 5.32 Å². The molecule has 0 spiro atoms. The maximum atomic E-state index is 11.8. The molecule has 0 aliphatic rings. The minimum absolute atomic E-state index is 0.0544. The number of nitrogens with one attached hydrogen (secondary N) is 1. The molecule has 1 amide bonds. The summed E-state index contributed by atoms with van der Waals surface area (Å²) in [7, 11) is 1.64. The normalized spacial score (nSPS) is 10.1. The smallest absolute Gasteiger partial charge is 0.230 e. The van der Waals surface area contributed by atoms with Crippen molar-refractivity contribution in [3.63, 3.8) is 0 Å². The van der Waals surface area contributed by atoms with Crippen molar-refractivity contribution in [2.24, 2.45) is 0 Å². The van der Waals surface area contributed by atoms with Gasteiger partial charge >= 0.3 is 0 Å². The van der Waals surface area contributed by atoms with E-state index in [2.05, 4.69) is 17.4 Å². The number of thioether (sulfide) groups is 1. The Bertz CT molecular complexity index is 572. The monoisotopic (exact) mass is 301 g/mol. The molecule has 3 nitrogen and oxygen atoms in total. The number of benzene rings is 2. The summed E-state index contributed by atoms with van der Waals surface area (Å²) < 4.78 is 5.16. The minimum Gasteiger partial charge on any atom is -0.497 e. The number of hydrogen-bond donors (Lipinski definition) is 1. The van der Waals surface area contributed by atoms with Crippen LogP contribution in [0.1, 0.15) is 11.1 Å². The first-order chi connectivity index (χ1) is 10.3. The maximum Gasteiger partial charge on any atom is 0.230 e. The minimum atomic E-state index is 0.0544. The third-order valence-electron chi connectivity index (χ3n) is 2.97. The van der Waals surface area contributed by atoms with Gasteiger partial charge in [-0.1, -0.05) is 42.5 Å². The lowest BCUT2D eigenvalue weighted by Gasteiger charge is -2.07. The summed E-state index contributed by atoms with van der Waals surface area (Å²) >= 11 is 1.62. The number of carbonyl (C=O) groups excluding carboxylic acids is 1. The number of amides is 1. The third kappa shape index (κ3) is 5.52. The van der Waals surface area contributed by atoms with Crippen molar-refractivity contribution in [3.05, 3.63) is 65.7 Å². The fraction of sp³-hybridized carbons (Fsp3) is 0.235. The second-order valence-corrected chi connectivity index (χ2v) is 5.59. The zero-order chi connectivity index (χ0) is 14.9. The maximum absolute atomic E-state index is 11.8. The Morgan fingerprint density at radius 1 is 1.10 bits per heavy atom. The molecule has 0 atom stereocenters. The molecule has 0 fully saturated rings. The molecule has 1 N–H and O–H groups in total. The van der Waals surface area contributed by atoms with Gasteiger partial charge in [0.2, 0.25) is 5.91 Å². The highest BCUT2D eigenvalue weighted by molar-refractivity contribution is 7.99. The summed E-state index contributed by atoms with van der Waals surface area (Å²) in [5, 5.41) is 2.92. The molecule has 0 bridgehead atoms. The molecule has 0 saturated heterocycles. The van der Waals surface area contributed by atoms with Crippen molar-refractivity contribution in [1.29, 1.82) is 0 Å². The van der Waals surface area contributed by atoms with E-state index < -0.39 is 0 Å². The average molecular weight is 301 g/mol. The highest BCUT2D eigenvalue weighted by Gasteiger charge is 2.03. The van der Waals surface area contributed by atoms with Crippen molar-refractivity contribution in [3.8, 4) is 5.75 Å². The van der Waals surface area contributed by atoms with E-state index in [0.717, 1.165) is 17.1 Å². The zero-order valence-electron chi connectivity index (χ0n) is 12.0. The van der Waals surface area contributed by atoms with Crippen LogP contribution in [0.25, 0.3) is 0 Å². The first kappa shape index (κ1) is 15.4. The SMILES string of the molecule is COc1cccc(CNC(=O)CSCc2ccccc2)c1. The van der Waals surface area contributed by atoms with E-state index >= 15 is 0 Å². The molecule has 2 aromatic rings. The van der Waals surface area contributed by atoms with E-state index in [1.54, 1.807) is 18.9 Å². The van der Waals surface area contributed by atoms with Crippen LogP contribution in [-0.4, -0.2) is 18.8 Å². The molecule has 0 aliphatic heterocycles. The van der Waals surface area contributed by atoms with E-state index in [1.807, 2.05) is 42.5 Å². The molecule has 0 heterocycles. The molecule has 4 heteroatoms. The first-order valence-corrected chi connectivity index (χ1v) is 7.94. The summed E-state index contributed by atoms with van der Waals surface area (Å²) in [4.78, 5) is 11.8. The Kier molecular flexibility index (Phi) is 6.16. The van der Waals surface area contributed by atoms with Crippen LogP contribution < -0.4 is 10.1 Å². The number of rotatable bonds is 7. The van der Waals surface area contributed by atoms with Gasteiger partial charge < -0.3 is 10.1 Å². The molecule has 2 aromatic carbocycles. The molecule has 0 unspecified atom stereocenters. The van der Waals surface area contributed by atoms with Crippen LogP contribution in [0.2, 0.25) is 0 Å². The topological polar surface area (TPSA) is 38.3 Å². The molecule has 0 aliphatic carbocycles. The Hall–Kier alpha value is -1.94. The second kappa shape index (κ2) is 8.37. The first-order valence-electron chi connectivity index (χ1n) is 6.79. The van der Waals surface area contributed by atoms with Crippen LogP contribution >= 0.6 is 11.8 Å². The predicted octanol–water partition coefficient (Wildman–Crippen LogP) is 3.24. The molecular formula is C17H19NO2S. The fourth-order valence-electron chi connectivity index (χ4n) is 1.87. The highest BCUT2D eigenvalue weighted by atomic mass is 32.2. The lowest BCUT2D eigenvalue weighted by Crippen LogP contribution is -2.24. The second-order valence-electron chi connectivity index (χ2n) is 4.61. The Labute approximate surface area is 129 Å². The van der Waals surface area contributed by atoms with Gasteiger partial charge in [-0.05, 0) is 23.3 Å². The van der Waals surface area contributed by atoms with Gasteiger partial charge in [0.05, 0.1) is 12.9 Å². The number of carbonyl (C=O) groups is 1.